The number of hydrogen-bond acceptors (Lipinski definition) is 2. The summed E-state index contributed by atoms with van der Waals surface area (Å²) >= 11 is 0. The average Bonchev–Trinajstić information content (AvgIpc) is 2.60. The number of ketones is 2. The molecule has 2 heteroatoms. The predicted molar refractivity (Wildman–Crippen MR) is 102 cm³/mol. The van der Waals surface area contributed by atoms with Gasteiger partial charge in [0.2, 0.25) is 0 Å². The maximum absolute atomic E-state index is 12.8. The molecule has 0 aromatic heterocycles. The Labute approximate surface area is 154 Å². The quantitative estimate of drug-likeness (QED) is 0.593. The van der Waals surface area contributed by atoms with Crippen LogP contribution in [0.15, 0.2) is 0 Å². The molecule has 2 nitrogen and oxygen atoms in total. The van der Waals surface area contributed by atoms with Crippen LogP contribution in [0, 0.1) is 35.5 Å². The van der Waals surface area contributed by atoms with E-state index in [1.807, 2.05) is 0 Å². The first kappa shape index (κ1) is 19.1. The van der Waals surface area contributed by atoms with Crippen molar-refractivity contribution < 1.29 is 9.59 Å². The lowest BCUT2D eigenvalue weighted by molar-refractivity contribution is -0.128. The minimum atomic E-state index is 0.270. The maximum atomic E-state index is 12.8. The van der Waals surface area contributed by atoms with Crippen LogP contribution in [0.1, 0.15) is 97.3 Å². The molecule has 0 spiro atoms. The fourth-order valence-corrected chi connectivity index (χ4v) is 6.37. The van der Waals surface area contributed by atoms with Gasteiger partial charge in [0.25, 0.3) is 0 Å². The normalized spacial score (nSPS) is 38.8. The number of hydrogen-bond donors (Lipinski definition) is 0. The summed E-state index contributed by atoms with van der Waals surface area (Å²) in [6.07, 6.45) is 14.5. The molecule has 0 bridgehead atoms. The summed E-state index contributed by atoms with van der Waals surface area (Å²) in [4.78, 5) is 25.4. The summed E-state index contributed by atoms with van der Waals surface area (Å²) in [5.74, 6) is 4.37. The van der Waals surface area contributed by atoms with Gasteiger partial charge in [0.1, 0.15) is 11.6 Å². The van der Waals surface area contributed by atoms with E-state index < -0.39 is 0 Å². The van der Waals surface area contributed by atoms with Crippen LogP contribution < -0.4 is 0 Å². The topological polar surface area (TPSA) is 34.1 Å². The Hall–Kier alpha value is -0.660. The van der Waals surface area contributed by atoms with Gasteiger partial charge in [-0.15, -0.1) is 0 Å². The lowest BCUT2D eigenvalue weighted by Gasteiger charge is -2.40. The highest BCUT2D eigenvalue weighted by Crippen LogP contribution is 2.44. The molecule has 3 fully saturated rings. The smallest absolute Gasteiger partial charge is 0.136 e. The van der Waals surface area contributed by atoms with E-state index in [-0.39, 0.29) is 5.92 Å². The second-order valence-corrected chi connectivity index (χ2v) is 9.65. The van der Waals surface area contributed by atoms with E-state index in [1.165, 1.54) is 44.9 Å². The van der Waals surface area contributed by atoms with E-state index in [2.05, 4.69) is 13.8 Å². The molecule has 25 heavy (non-hydrogen) atoms. The zero-order chi connectivity index (χ0) is 17.8. The van der Waals surface area contributed by atoms with Crippen LogP contribution in [0.2, 0.25) is 0 Å². The van der Waals surface area contributed by atoms with Crippen molar-refractivity contribution in [3.8, 4) is 0 Å². The molecule has 0 amide bonds. The standard InChI is InChI=1S/C23H38O2/c1-16-13-17(2)15-19(14-16)22(24)11-6-12-23(25)21-10-5-8-18-7-3-4-9-20(18)21/h16-21H,3-15H2,1-2H3. The average molecular weight is 347 g/mol. The SMILES string of the molecule is CC1CC(C)CC(C(=O)CCCC(=O)C2CCCC3CCCCC32)C1. The summed E-state index contributed by atoms with van der Waals surface area (Å²) in [7, 11) is 0. The van der Waals surface area contributed by atoms with E-state index in [4.69, 9.17) is 0 Å². The van der Waals surface area contributed by atoms with Crippen molar-refractivity contribution in [3.63, 3.8) is 0 Å². The van der Waals surface area contributed by atoms with Gasteiger partial charge >= 0.3 is 0 Å². The Bertz CT molecular complexity index is 457. The molecule has 5 unspecified atom stereocenters. The predicted octanol–water partition coefficient (Wildman–Crippen LogP) is 5.97. The minimum absolute atomic E-state index is 0.270. The van der Waals surface area contributed by atoms with Crippen LogP contribution in [0.5, 0.6) is 0 Å². The molecule has 3 rings (SSSR count). The molecule has 5 atom stereocenters. The van der Waals surface area contributed by atoms with Gasteiger partial charge < -0.3 is 0 Å². The number of rotatable bonds is 6. The zero-order valence-electron chi connectivity index (χ0n) is 16.5. The first-order valence-corrected chi connectivity index (χ1v) is 11.1. The van der Waals surface area contributed by atoms with E-state index >= 15 is 0 Å². The Morgan fingerprint density at radius 3 is 2.16 bits per heavy atom. The monoisotopic (exact) mass is 346 g/mol. The highest BCUT2D eigenvalue weighted by molar-refractivity contribution is 5.84. The third-order valence-corrected chi connectivity index (χ3v) is 7.47. The minimum Gasteiger partial charge on any atom is -0.299 e. The molecule has 142 valence electrons. The van der Waals surface area contributed by atoms with Gasteiger partial charge in [-0.25, -0.2) is 0 Å². The first-order valence-electron chi connectivity index (χ1n) is 11.1. The van der Waals surface area contributed by atoms with Crippen LogP contribution >= 0.6 is 0 Å². The van der Waals surface area contributed by atoms with Crippen LogP contribution in [-0.2, 0) is 9.59 Å². The fourth-order valence-electron chi connectivity index (χ4n) is 6.37. The lowest BCUT2D eigenvalue weighted by atomic mass is 9.64. The van der Waals surface area contributed by atoms with Gasteiger partial charge in [0.15, 0.2) is 0 Å². The number of fused-ring (bicyclic) bond motifs is 1. The van der Waals surface area contributed by atoms with E-state index in [0.717, 1.165) is 31.6 Å². The molecule has 3 aliphatic carbocycles. The molecular formula is C23H38O2. The summed E-state index contributed by atoms with van der Waals surface area (Å²) in [6, 6.07) is 0. The van der Waals surface area contributed by atoms with Gasteiger partial charge in [-0.05, 0) is 62.2 Å². The Morgan fingerprint density at radius 2 is 1.40 bits per heavy atom. The van der Waals surface area contributed by atoms with E-state index in [1.54, 1.807) is 0 Å². The number of carbonyl (C=O) groups is 2. The van der Waals surface area contributed by atoms with Gasteiger partial charge in [0, 0.05) is 24.7 Å². The van der Waals surface area contributed by atoms with Gasteiger partial charge in [0.05, 0.1) is 0 Å². The van der Waals surface area contributed by atoms with E-state index in [9.17, 15) is 9.59 Å². The molecule has 0 aromatic carbocycles. The molecule has 0 aromatic rings. The number of carbonyl (C=O) groups excluding carboxylic acids is 2. The summed E-state index contributed by atoms with van der Waals surface area (Å²) < 4.78 is 0. The van der Waals surface area contributed by atoms with Crippen molar-refractivity contribution in [1.82, 2.24) is 0 Å². The van der Waals surface area contributed by atoms with E-state index in [0.29, 0.717) is 48.1 Å². The summed E-state index contributed by atoms with van der Waals surface area (Å²) in [5.41, 5.74) is 0. The molecule has 0 N–H and O–H groups in total. The van der Waals surface area contributed by atoms with Gasteiger partial charge in [-0.3, -0.25) is 9.59 Å². The van der Waals surface area contributed by atoms with Crippen molar-refractivity contribution >= 4 is 11.6 Å². The highest BCUT2D eigenvalue weighted by atomic mass is 16.1. The number of Topliss-reactive ketones (excluding diaryl/α,β-unsaturated/α-hetero) is 2. The van der Waals surface area contributed by atoms with Crippen molar-refractivity contribution in [3.05, 3.63) is 0 Å². The van der Waals surface area contributed by atoms with Crippen LogP contribution in [0.25, 0.3) is 0 Å². The second-order valence-electron chi connectivity index (χ2n) is 9.65. The molecule has 0 saturated heterocycles. The van der Waals surface area contributed by atoms with Crippen molar-refractivity contribution in [2.45, 2.75) is 97.3 Å². The summed E-state index contributed by atoms with van der Waals surface area (Å²) in [5, 5.41) is 0. The molecule has 3 saturated carbocycles. The van der Waals surface area contributed by atoms with Gasteiger partial charge in [-0.1, -0.05) is 46.0 Å². The fraction of sp³-hybridized carbons (Fsp3) is 0.913. The third kappa shape index (κ3) is 4.95. The third-order valence-electron chi connectivity index (χ3n) is 7.47. The first-order chi connectivity index (χ1) is 12.0. The molecule has 0 heterocycles. The second kappa shape index (κ2) is 8.82. The van der Waals surface area contributed by atoms with Crippen molar-refractivity contribution in [2.75, 3.05) is 0 Å². The van der Waals surface area contributed by atoms with Crippen LogP contribution in [0.3, 0.4) is 0 Å². The molecule has 0 aliphatic heterocycles. The Morgan fingerprint density at radius 1 is 0.760 bits per heavy atom. The van der Waals surface area contributed by atoms with Crippen LogP contribution in [-0.4, -0.2) is 11.6 Å². The van der Waals surface area contributed by atoms with Crippen molar-refractivity contribution in [2.24, 2.45) is 35.5 Å². The van der Waals surface area contributed by atoms with Crippen LogP contribution in [0.4, 0.5) is 0 Å². The maximum Gasteiger partial charge on any atom is 0.136 e. The molecule has 3 aliphatic rings. The Kier molecular flexibility index (Phi) is 6.74. The zero-order valence-corrected chi connectivity index (χ0v) is 16.5. The summed E-state index contributed by atoms with van der Waals surface area (Å²) in [6.45, 7) is 4.56. The highest BCUT2D eigenvalue weighted by Gasteiger charge is 2.38. The molecule has 0 radical (unpaired) electrons. The van der Waals surface area contributed by atoms with Crippen molar-refractivity contribution in [1.29, 1.82) is 0 Å². The Balaban J connectivity index is 1.43. The largest absolute Gasteiger partial charge is 0.299 e. The lowest BCUT2D eigenvalue weighted by Crippen LogP contribution is -2.35. The van der Waals surface area contributed by atoms with Gasteiger partial charge in [-0.2, -0.15) is 0 Å². The molecular weight excluding hydrogens is 308 g/mol.